The summed E-state index contributed by atoms with van der Waals surface area (Å²) in [6, 6.07) is 20.1. The zero-order valence-corrected chi connectivity index (χ0v) is 15.0. The van der Waals surface area contributed by atoms with Crippen molar-refractivity contribution in [2.24, 2.45) is 0 Å². The number of rotatable bonds is 5. The van der Waals surface area contributed by atoms with Crippen LogP contribution in [0.1, 0.15) is 25.1 Å². The van der Waals surface area contributed by atoms with Gasteiger partial charge in [0.05, 0.1) is 25.9 Å². The van der Waals surface area contributed by atoms with Crippen molar-refractivity contribution in [1.29, 1.82) is 0 Å². The van der Waals surface area contributed by atoms with Gasteiger partial charge >= 0.3 is 0 Å². The predicted octanol–water partition coefficient (Wildman–Crippen LogP) is 3.55. The van der Waals surface area contributed by atoms with Crippen molar-refractivity contribution in [1.82, 2.24) is 0 Å². The lowest BCUT2D eigenvalue weighted by atomic mass is 10.0. The molecule has 2 rings (SSSR count). The van der Waals surface area contributed by atoms with Crippen molar-refractivity contribution in [2.75, 3.05) is 13.3 Å². The van der Waals surface area contributed by atoms with Crippen molar-refractivity contribution in [3.63, 3.8) is 0 Å². The Kier molecular flexibility index (Phi) is 5.38. The van der Waals surface area contributed by atoms with Gasteiger partial charge in [0.2, 0.25) is 0 Å². The Morgan fingerprint density at radius 3 is 1.83 bits per heavy atom. The number of carbonyl (C=O) groups is 1. The summed E-state index contributed by atoms with van der Waals surface area (Å²) in [5.41, 5.74) is 1.29. The van der Waals surface area contributed by atoms with E-state index in [0.29, 0.717) is 5.57 Å². The number of hydrogen-bond acceptors (Lipinski definition) is 2. The highest BCUT2D eigenvalue weighted by molar-refractivity contribution is 7.82. The second-order valence-electron chi connectivity index (χ2n) is 6.21. The quantitative estimate of drug-likeness (QED) is 0.479. The smallest absolute Gasteiger partial charge is 0.159 e. The average molecular weight is 326 g/mol. The highest BCUT2D eigenvalue weighted by atomic mass is 31.2. The Labute approximate surface area is 139 Å². The zero-order chi connectivity index (χ0) is 17.0. The SMILES string of the molecule is CC(=O)/C(=C(\C)[O-])C(c1ccccc1)[P+](C)(C)c1ccccc1. The molecule has 23 heavy (non-hydrogen) atoms. The van der Waals surface area contributed by atoms with Gasteiger partial charge in [-0.1, -0.05) is 55.5 Å². The Hall–Kier alpha value is -1.92. The first-order valence-electron chi connectivity index (χ1n) is 7.68. The highest BCUT2D eigenvalue weighted by Crippen LogP contribution is 2.65. The second kappa shape index (κ2) is 7.10. The number of benzene rings is 2. The molecule has 3 heteroatoms. The number of carbonyl (C=O) groups excluding carboxylic acids is 1. The fourth-order valence-corrected chi connectivity index (χ4v) is 6.26. The van der Waals surface area contributed by atoms with E-state index in [2.05, 4.69) is 25.5 Å². The van der Waals surface area contributed by atoms with Crippen LogP contribution in [0.3, 0.4) is 0 Å². The zero-order valence-electron chi connectivity index (χ0n) is 14.1. The summed E-state index contributed by atoms with van der Waals surface area (Å²) in [6.07, 6.45) is 0. The molecule has 0 radical (unpaired) electrons. The van der Waals surface area contributed by atoms with Gasteiger partial charge in [0.1, 0.15) is 5.66 Å². The fourth-order valence-electron chi connectivity index (χ4n) is 3.09. The molecule has 0 saturated heterocycles. The molecule has 0 bridgehead atoms. The van der Waals surface area contributed by atoms with Crippen LogP contribution in [0.15, 0.2) is 72.0 Å². The van der Waals surface area contributed by atoms with Crippen LogP contribution in [0.2, 0.25) is 0 Å². The van der Waals surface area contributed by atoms with Gasteiger partial charge in [0, 0.05) is 5.57 Å². The van der Waals surface area contributed by atoms with Crippen LogP contribution in [0.25, 0.3) is 0 Å². The molecule has 120 valence electrons. The third kappa shape index (κ3) is 3.71. The molecule has 2 nitrogen and oxygen atoms in total. The molecule has 1 unspecified atom stereocenters. The molecule has 0 aromatic heterocycles. The number of ketones is 1. The van der Waals surface area contributed by atoms with E-state index in [0.717, 1.165) is 5.56 Å². The Bertz CT molecular complexity index is 699. The number of hydrogen-bond donors (Lipinski definition) is 0. The van der Waals surface area contributed by atoms with Gasteiger partial charge in [-0.2, -0.15) is 0 Å². The van der Waals surface area contributed by atoms with Crippen LogP contribution in [0, 0.1) is 0 Å². The van der Waals surface area contributed by atoms with E-state index in [1.807, 2.05) is 48.5 Å². The maximum Gasteiger partial charge on any atom is 0.159 e. The van der Waals surface area contributed by atoms with E-state index in [4.69, 9.17) is 0 Å². The highest BCUT2D eigenvalue weighted by Gasteiger charge is 2.43. The Morgan fingerprint density at radius 1 is 0.913 bits per heavy atom. The Balaban J connectivity index is 2.68. The van der Waals surface area contributed by atoms with Crippen molar-refractivity contribution in [2.45, 2.75) is 19.5 Å². The summed E-state index contributed by atoms with van der Waals surface area (Å²) in [7, 11) is -1.77. The predicted molar refractivity (Wildman–Crippen MR) is 97.4 cm³/mol. The summed E-state index contributed by atoms with van der Waals surface area (Å²) >= 11 is 0. The van der Waals surface area contributed by atoms with Crippen molar-refractivity contribution in [3.05, 3.63) is 77.6 Å². The van der Waals surface area contributed by atoms with Gasteiger partial charge in [-0.15, -0.1) is 5.76 Å². The maximum atomic E-state index is 12.2. The molecule has 1 atom stereocenters. The van der Waals surface area contributed by atoms with Gasteiger partial charge < -0.3 is 5.11 Å². The standard InChI is InChI=1S/C20H23O2P/c1-15(21)19(16(2)22)20(17-11-7-5-8-12-17)23(3,4)18-13-9-6-10-14-18/h5-14,20H,1-4H3. The first-order valence-corrected chi connectivity index (χ1v) is 10.4. The average Bonchev–Trinajstić information content (AvgIpc) is 2.53. The topological polar surface area (TPSA) is 40.1 Å². The van der Waals surface area contributed by atoms with Crippen LogP contribution in [0.4, 0.5) is 0 Å². The molecule has 0 saturated carbocycles. The van der Waals surface area contributed by atoms with E-state index >= 15 is 0 Å². The monoisotopic (exact) mass is 326 g/mol. The largest absolute Gasteiger partial charge is 0.875 e. The van der Waals surface area contributed by atoms with Crippen LogP contribution >= 0.6 is 7.26 Å². The fraction of sp³-hybridized carbons (Fsp3) is 0.250. The van der Waals surface area contributed by atoms with Crippen LogP contribution < -0.4 is 10.4 Å². The molecule has 2 aromatic rings. The van der Waals surface area contributed by atoms with Gasteiger partial charge in [-0.05, 0) is 24.6 Å². The molecular weight excluding hydrogens is 303 g/mol. The molecule has 0 amide bonds. The lowest BCUT2D eigenvalue weighted by Crippen LogP contribution is -2.23. The molecule has 2 aromatic carbocycles. The van der Waals surface area contributed by atoms with Gasteiger partial charge in [0.15, 0.2) is 5.78 Å². The van der Waals surface area contributed by atoms with E-state index < -0.39 is 7.26 Å². The van der Waals surface area contributed by atoms with Gasteiger partial charge in [-0.3, -0.25) is 4.79 Å². The number of Topliss-reactive ketones (excluding diaryl/α,β-unsaturated/α-hetero) is 1. The third-order valence-corrected chi connectivity index (χ3v) is 7.69. The van der Waals surface area contributed by atoms with Crippen molar-refractivity contribution >= 4 is 18.4 Å². The summed E-state index contributed by atoms with van der Waals surface area (Å²) in [5.74, 6) is -0.259. The molecular formula is C20H23O2P. The minimum Gasteiger partial charge on any atom is -0.875 e. The lowest BCUT2D eigenvalue weighted by molar-refractivity contribution is -0.303. The maximum absolute atomic E-state index is 12.2. The lowest BCUT2D eigenvalue weighted by Gasteiger charge is -2.32. The van der Waals surface area contributed by atoms with E-state index in [1.165, 1.54) is 19.2 Å². The van der Waals surface area contributed by atoms with Crippen molar-refractivity contribution in [3.8, 4) is 0 Å². The summed E-state index contributed by atoms with van der Waals surface area (Å²) in [5, 5.41) is 13.5. The normalized spacial score (nSPS) is 14.1. The minimum atomic E-state index is -1.77. The minimum absolute atomic E-state index is 0.129. The first-order chi connectivity index (χ1) is 10.9. The van der Waals surface area contributed by atoms with E-state index in [1.54, 1.807) is 0 Å². The molecule has 0 aliphatic heterocycles. The molecule has 0 aliphatic carbocycles. The van der Waals surface area contributed by atoms with Crippen molar-refractivity contribution < 1.29 is 9.90 Å². The molecule has 0 aliphatic rings. The summed E-state index contributed by atoms with van der Waals surface area (Å²) in [6.45, 7) is 7.40. The third-order valence-electron chi connectivity index (χ3n) is 4.21. The first kappa shape index (κ1) is 17.4. The van der Waals surface area contributed by atoms with E-state index in [9.17, 15) is 9.90 Å². The summed E-state index contributed by atoms with van der Waals surface area (Å²) < 4.78 is 0. The molecule has 0 N–H and O–H groups in total. The van der Waals surface area contributed by atoms with Gasteiger partial charge in [-0.25, -0.2) is 0 Å². The van der Waals surface area contributed by atoms with Crippen LogP contribution in [-0.4, -0.2) is 19.1 Å². The van der Waals surface area contributed by atoms with Crippen LogP contribution in [-0.2, 0) is 4.79 Å². The van der Waals surface area contributed by atoms with E-state index in [-0.39, 0.29) is 17.2 Å². The molecule has 0 fully saturated rings. The van der Waals surface area contributed by atoms with Crippen LogP contribution in [0.5, 0.6) is 0 Å². The molecule has 0 heterocycles. The number of allylic oxidation sites excluding steroid dienone is 2. The van der Waals surface area contributed by atoms with Gasteiger partial charge in [0.25, 0.3) is 0 Å². The molecule has 0 spiro atoms. The second-order valence-corrected chi connectivity index (χ2v) is 10.3. The summed E-state index contributed by atoms with van der Waals surface area (Å²) in [4.78, 5) is 12.2. The Morgan fingerprint density at radius 2 is 1.39 bits per heavy atom.